The highest BCUT2D eigenvalue weighted by Crippen LogP contribution is 2.33. The molecular formula is C20H40. The molecule has 1 saturated carbocycles. The van der Waals surface area contributed by atoms with Gasteiger partial charge in [-0.1, -0.05) is 78.5 Å². The second-order valence-corrected chi connectivity index (χ2v) is 5.98. The van der Waals surface area contributed by atoms with Crippen molar-refractivity contribution in [1.29, 1.82) is 0 Å². The van der Waals surface area contributed by atoms with Crippen molar-refractivity contribution < 1.29 is 0 Å². The monoisotopic (exact) mass is 280 g/mol. The van der Waals surface area contributed by atoms with E-state index in [1.165, 1.54) is 56.9 Å². The van der Waals surface area contributed by atoms with Gasteiger partial charge in [-0.05, 0) is 43.9 Å². The first-order valence-electron chi connectivity index (χ1n) is 8.91. The lowest BCUT2D eigenvalue weighted by Gasteiger charge is -2.27. The topological polar surface area (TPSA) is 0 Å². The van der Waals surface area contributed by atoms with Crippen LogP contribution in [0.2, 0.25) is 0 Å². The third-order valence-electron chi connectivity index (χ3n) is 3.56. The van der Waals surface area contributed by atoms with Gasteiger partial charge in [0.2, 0.25) is 0 Å². The first-order chi connectivity index (χ1) is 9.63. The van der Waals surface area contributed by atoms with Gasteiger partial charge in [0, 0.05) is 0 Å². The number of allylic oxidation sites excluding steroid dienone is 2. The molecule has 2 unspecified atom stereocenters. The summed E-state index contributed by atoms with van der Waals surface area (Å²) in [6.07, 6.45) is 13.9. The molecule has 0 aliphatic heterocycles. The number of hydrogen-bond acceptors (Lipinski definition) is 0. The van der Waals surface area contributed by atoms with Gasteiger partial charge in [-0.2, -0.15) is 0 Å². The Morgan fingerprint density at radius 1 is 1.20 bits per heavy atom. The van der Waals surface area contributed by atoms with Gasteiger partial charge in [0.05, 0.1) is 0 Å². The first-order valence-corrected chi connectivity index (χ1v) is 8.91. The highest BCUT2D eigenvalue weighted by molar-refractivity contribution is 4.97. The van der Waals surface area contributed by atoms with Crippen LogP contribution in [0.15, 0.2) is 24.8 Å². The summed E-state index contributed by atoms with van der Waals surface area (Å²) in [7, 11) is 0. The van der Waals surface area contributed by atoms with Crippen LogP contribution in [0.4, 0.5) is 0 Å². The van der Waals surface area contributed by atoms with Crippen molar-refractivity contribution in [2.45, 2.75) is 92.4 Å². The molecule has 1 aliphatic carbocycles. The Morgan fingerprint density at radius 2 is 1.80 bits per heavy atom. The zero-order chi connectivity index (χ0) is 15.8. The molecule has 2 atom stereocenters. The fourth-order valence-electron chi connectivity index (χ4n) is 2.75. The Bertz CT molecular complexity index is 214. The van der Waals surface area contributed by atoms with Crippen LogP contribution in [0.5, 0.6) is 0 Å². The minimum Gasteiger partial charge on any atom is -0.103 e. The van der Waals surface area contributed by atoms with Crippen LogP contribution in [0.25, 0.3) is 0 Å². The molecule has 20 heavy (non-hydrogen) atoms. The average Bonchev–Trinajstić information content (AvgIpc) is 2.42. The van der Waals surface area contributed by atoms with Gasteiger partial charge < -0.3 is 0 Å². The minimum absolute atomic E-state index is 0.935. The summed E-state index contributed by atoms with van der Waals surface area (Å²) >= 11 is 0. The van der Waals surface area contributed by atoms with Gasteiger partial charge in [0.1, 0.15) is 0 Å². The van der Waals surface area contributed by atoms with Crippen LogP contribution in [0.1, 0.15) is 92.4 Å². The van der Waals surface area contributed by atoms with E-state index in [4.69, 9.17) is 0 Å². The summed E-state index contributed by atoms with van der Waals surface area (Å²) in [6, 6.07) is 0. The summed E-state index contributed by atoms with van der Waals surface area (Å²) in [5.74, 6) is 1.88. The molecule has 0 bridgehead atoms. The maximum absolute atomic E-state index is 4.21. The van der Waals surface area contributed by atoms with E-state index in [2.05, 4.69) is 33.9 Å². The van der Waals surface area contributed by atoms with Gasteiger partial charge in [-0.15, -0.1) is 6.58 Å². The van der Waals surface area contributed by atoms with E-state index < -0.39 is 0 Å². The molecule has 0 aromatic heterocycles. The van der Waals surface area contributed by atoms with E-state index in [9.17, 15) is 0 Å². The van der Waals surface area contributed by atoms with Crippen molar-refractivity contribution in [1.82, 2.24) is 0 Å². The Labute approximate surface area is 129 Å². The quantitative estimate of drug-likeness (QED) is 0.348. The highest BCUT2D eigenvalue weighted by atomic mass is 14.2. The van der Waals surface area contributed by atoms with E-state index >= 15 is 0 Å². The van der Waals surface area contributed by atoms with Crippen LogP contribution in [0, 0.1) is 11.8 Å². The van der Waals surface area contributed by atoms with Crippen molar-refractivity contribution in [2.75, 3.05) is 0 Å². The fourth-order valence-corrected chi connectivity index (χ4v) is 2.75. The summed E-state index contributed by atoms with van der Waals surface area (Å²) in [4.78, 5) is 0. The second kappa shape index (κ2) is 16.5. The molecule has 1 rings (SSSR count). The van der Waals surface area contributed by atoms with Gasteiger partial charge in [0.15, 0.2) is 0 Å². The van der Waals surface area contributed by atoms with Gasteiger partial charge >= 0.3 is 0 Å². The predicted molar refractivity (Wildman–Crippen MR) is 96.2 cm³/mol. The molecule has 1 aliphatic rings. The molecule has 0 amide bonds. The minimum atomic E-state index is 0.935. The smallest absolute Gasteiger partial charge is 0.0294 e. The normalized spacial score (nSPS) is 20.9. The lowest BCUT2D eigenvalue weighted by molar-refractivity contribution is 0.280. The molecule has 0 saturated heterocycles. The van der Waals surface area contributed by atoms with Crippen LogP contribution < -0.4 is 0 Å². The van der Waals surface area contributed by atoms with E-state index in [-0.39, 0.29) is 0 Å². The molecule has 0 radical (unpaired) electrons. The van der Waals surface area contributed by atoms with Crippen LogP contribution in [-0.4, -0.2) is 0 Å². The van der Waals surface area contributed by atoms with E-state index in [1.807, 2.05) is 19.9 Å². The molecule has 0 N–H and O–H groups in total. The molecule has 0 spiro atoms. The van der Waals surface area contributed by atoms with Gasteiger partial charge in [-0.3, -0.25) is 0 Å². The Morgan fingerprint density at radius 3 is 2.30 bits per heavy atom. The Balaban J connectivity index is 0. The Kier molecular flexibility index (Phi) is 18.0. The van der Waals surface area contributed by atoms with E-state index in [1.54, 1.807) is 0 Å². The molecular weight excluding hydrogens is 240 g/mol. The standard InChI is InChI=1S/C15H26.C3H8.C2H6/c1-4-5-6-8-13(2)11-15-10-7-9-14(3)12-15;1-3-2;1-2/h4,14-15H,1-2,5-12H2,3H3;3H2,1-2H3;1-2H3. The van der Waals surface area contributed by atoms with Crippen LogP contribution in [-0.2, 0) is 0 Å². The summed E-state index contributed by atoms with van der Waals surface area (Å²) in [5, 5.41) is 0. The third kappa shape index (κ3) is 13.9. The maximum atomic E-state index is 4.21. The molecule has 0 heterocycles. The van der Waals surface area contributed by atoms with Crippen LogP contribution >= 0.6 is 0 Å². The molecule has 0 nitrogen and oxygen atoms in total. The molecule has 120 valence electrons. The van der Waals surface area contributed by atoms with Gasteiger partial charge in [0.25, 0.3) is 0 Å². The van der Waals surface area contributed by atoms with Crippen LogP contribution in [0.3, 0.4) is 0 Å². The first kappa shape index (κ1) is 21.8. The average molecular weight is 281 g/mol. The summed E-state index contributed by atoms with van der Waals surface area (Å²) in [6.45, 7) is 18.6. The third-order valence-corrected chi connectivity index (χ3v) is 3.56. The fraction of sp³-hybridized carbons (Fsp3) is 0.800. The SMILES string of the molecule is C=CCCCC(=C)CC1CCCC(C)C1.CC.CCC. The second-order valence-electron chi connectivity index (χ2n) is 5.98. The maximum Gasteiger partial charge on any atom is -0.0294 e. The zero-order valence-electron chi connectivity index (χ0n) is 15.0. The largest absolute Gasteiger partial charge is 0.103 e. The molecule has 1 fully saturated rings. The summed E-state index contributed by atoms with van der Waals surface area (Å²) in [5.41, 5.74) is 1.47. The highest BCUT2D eigenvalue weighted by Gasteiger charge is 2.18. The van der Waals surface area contributed by atoms with Crippen molar-refractivity contribution in [3.63, 3.8) is 0 Å². The molecule has 0 heteroatoms. The molecule has 0 aromatic rings. The van der Waals surface area contributed by atoms with E-state index in [0.717, 1.165) is 18.3 Å². The lowest BCUT2D eigenvalue weighted by atomic mass is 9.79. The van der Waals surface area contributed by atoms with Crippen molar-refractivity contribution in [3.8, 4) is 0 Å². The lowest BCUT2D eigenvalue weighted by Crippen LogP contribution is -2.13. The number of rotatable bonds is 6. The van der Waals surface area contributed by atoms with Crippen molar-refractivity contribution >= 4 is 0 Å². The number of unbranched alkanes of at least 4 members (excludes halogenated alkanes) is 1. The molecule has 0 aromatic carbocycles. The van der Waals surface area contributed by atoms with Crippen molar-refractivity contribution in [2.24, 2.45) is 11.8 Å². The van der Waals surface area contributed by atoms with Gasteiger partial charge in [-0.25, -0.2) is 0 Å². The van der Waals surface area contributed by atoms with Crippen molar-refractivity contribution in [3.05, 3.63) is 24.8 Å². The Hall–Kier alpha value is -0.520. The zero-order valence-corrected chi connectivity index (χ0v) is 15.0. The summed E-state index contributed by atoms with van der Waals surface area (Å²) < 4.78 is 0. The predicted octanol–water partition coefficient (Wildman–Crippen LogP) is 7.56. The number of hydrogen-bond donors (Lipinski definition) is 0. The van der Waals surface area contributed by atoms with E-state index in [0.29, 0.717) is 0 Å².